The van der Waals surface area contributed by atoms with Gasteiger partial charge in [-0.25, -0.2) is 9.79 Å². The van der Waals surface area contributed by atoms with Crippen molar-refractivity contribution in [3.63, 3.8) is 0 Å². The summed E-state index contributed by atoms with van der Waals surface area (Å²) in [4.78, 5) is 34.3. The molecule has 2 aromatic heterocycles. The summed E-state index contributed by atoms with van der Waals surface area (Å²) in [5.74, 6) is 0.0512. The van der Waals surface area contributed by atoms with Gasteiger partial charge in [0.1, 0.15) is 11.8 Å². The monoisotopic (exact) mass is 552 g/mol. The fraction of sp³-hybridized carbons (Fsp3) is 0.129. The zero-order valence-electron chi connectivity index (χ0n) is 21.3. The van der Waals surface area contributed by atoms with Gasteiger partial charge in [0.15, 0.2) is 4.80 Å². The molecule has 5 aromatic rings. The lowest BCUT2D eigenvalue weighted by molar-refractivity contribution is -0.138. The Labute approximate surface area is 232 Å². The average Bonchev–Trinajstić information content (AvgIpc) is 3.59. The van der Waals surface area contributed by atoms with E-state index in [0.29, 0.717) is 31.9 Å². The number of fused-ring (bicyclic) bond motifs is 2. The van der Waals surface area contributed by atoms with Crippen LogP contribution in [0.25, 0.3) is 22.5 Å². The standard InChI is InChI=1S/C31H24N2O4S2/c1-3-37-30(35)26-27(20-11-5-4-6-12-20)32-31-33(29(34)24(39-31)18-21-13-9-17-38-21)28(26)25-22-14-8-7-10-19(22)15-16-23(25)36-2/h4-18,28H,3H2,1-2H3/b24-18+/t28-/m0/s1. The normalized spacial score (nSPS) is 15.2. The summed E-state index contributed by atoms with van der Waals surface area (Å²) < 4.78 is 13.6. The van der Waals surface area contributed by atoms with E-state index in [1.165, 1.54) is 11.3 Å². The lowest BCUT2D eigenvalue weighted by atomic mass is 9.89. The van der Waals surface area contributed by atoms with Crippen molar-refractivity contribution in [3.05, 3.63) is 126 Å². The zero-order chi connectivity index (χ0) is 26.9. The minimum absolute atomic E-state index is 0.187. The molecule has 0 spiro atoms. The number of hydrogen-bond donors (Lipinski definition) is 0. The molecule has 0 bridgehead atoms. The van der Waals surface area contributed by atoms with E-state index in [1.807, 2.05) is 90.3 Å². The second kappa shape index (κ2) is 10.5. The fourth-order valence-corrected chi connectivity index (χ4v) is 6.68. The average molecular weight is 553 g/mol. The number of thiophene rings is 1. The first-order valence-corrected chi connectivity index (χ1v) is 14.2. The molecule has 8 heteroatoms. The Morgan fingerprint density at radius 2 is 1.82 bits per heavy atom. The number of ether oxygens (including phenoxy) is 2. The van der Waals surface area contributed by atoms with E-state index < -0.39 is 12.0 Å². The molecule has 6 nitrogen and oxygen atoms in total. The van der Waals surface area contributed by atoms with Crippen molar-refractivity contribution in [3.8, 4) is 5.75 Å². The van der Waals surface area contributed by atoms with E-state index >= 15 is 0 Å². The Morgan fingerprint density at radius 1 is 1.03 bits per heavy atom. The number of aromatic nitrogens is 1. The lowest BCUT2D eigenvalue weighted by Gasteiger charge is -2.28. The third-order valence-electron chi connectivity index (χ3n) is 6.61. The van der Waals surface area contributed by atoms with E-state index in [9.17, 15) is 9.59 Å². The number of nitrogens with zero attached hydrogens (tertiary/aromatic N) is 2. The highest BCUT2D eigenvalue weighted by Crippen LogP contribution is 2.42. The molecule has 0 radical (unpaired) electrons. The Kier molecular flexibility index (Phi) is 6.72. The summed E-state index contributed by atoms with van der Waals surface area (Å²) in [6, 6.07) is 24.4. The van der Waals surface area contributed by atoms with Crippen LogP contribution in [0.15, 0.2) is 99.6 Å². The van der Waals surface area contributed by atoms with Crippen LogP contribution in [0, 0.1) is 0 Å². The third-order valence-corrected chi connectivity index (χ3v) is 8.42. The Morgan fingerprint density at radius 3 is 2.56 bits per heavy atom. The van der Waals surface area contributed by atoms with Crippen LogP contribution in [0.5, 0.6) is 5.75 Å². The van der Waals surface area contributed by atoms with E-state index in [4.69, 9.17) is 14.5 Å². The minimum Gasteiger partial charge on any atom is -0.496 e. The van der Waals surface area contributed by atoms with Crippen LogP contribution >= 0.6 is 22.7 Å². The predicted molar refractivity (Wildman–Crippen MR) is 156 cm³/mol. The lowest BCUT2D eigenvalue weighted by Crippen LogP contribution is -2.40. The highest BCUT2D eigenvalue weighted by Gasteiger charge is 2.37. The number of carbonyl (C=O) groups is 1. The van der Waals surface area contributed by atoms with Crippen molar-refractivity contribution < 1.29 is 14.3 Å². The number of benzene rings is 3. The number of esters is 1. The van der Waals surface area contributed by atoms with E-state index in [1.54, 1.807) is 29.9 Å². The number of rotatable bonds is 6. The molecule has 39 heavy (non-hydrogen) atoms. The molecular weight excluding hydrogens is 528 g/mol. The van der Waals surface area contributed by atoms with Gasteiger partial charge < -0.3 is 9.47 Å². The van der Waals surface area contributed by atoms with Crippen molar-refractivity contribution in [2.45, 2.75) is 13.0 Å². The minimum atomic E-state index is -0.818. The largest absolute Gasteiger partial charge is 0.496 e. The van der Waals surface area contributed by atoms with Crippen molar-refractivity contribution in [1.29, 1.82) is 0 Å². The van der Waals surface area contributed by atoms with Gasteiger partial charge in [-0.3, -0.25) is 9.36 Å². The fourth-order valence-electron chi connectivity index (χ4n) is 4.95. The predicted octanol–water partition coefficient (Wildman–Crippen LogP) is 5.16. The number of methoxy groups -OCH3 is 1. The number of carbonyl (C=O) groups excluding carboxylic acids is 1. The summed E-state index contributed by atoms with van der Waals surface area (Å²) >= 11 is 2.87. The molecule has 0 unspecified atom stereocenters. The van der Waals surface area contributed by atoms with Gasteiger partial charge in [-0.2, -0.15) is 0 Å². The third kappa shape index (κ3) is 4.41. The molecule has 0 saturated carbocycles. The molecule has 6 rings (SSSR count). The first-order chi connectivity index (χ1) is 19.1. The van der Waals surface area contributed by atoms with Gasteiger partial charge in [0.05, 0.1) is 29.5 Å². The van der Waals surface area contributed by atoms with Gasteiger partial charge in [0.2, 0.25) is 0 Å². The second-order valence-electron chi connectivity index (χ2n) is 8.85. The summed E-state index contributed by atoms with van der Waals surface area (Å²) in [7, 11) is 1.60. The summed E-state index contributed by atoms with van der Waals surface area (Å²) in [5.41, 5.74) is 2.04. The van der Waals surface area contributed by atoms with Crippen LogP contribution in [-0.4, -0.2) is 24.3 Å². The van der Waals surface area contributed by atoms with Crippen LogP contribution < -0.4 is 19.6 Å². The van der Waals surface area contributed by atoms with Crippen LogP contribution in [-0.2, 0) is 9.53 Å². The van der Waals surface area contributed by atoms with Crippen molar-refractivity contribution in [1.82, 2.24) is 4.57 Å². The molecule has 3 heterocycles. The zero-order valence-corrected chi connectivity index (χ0v) is 22.9. The molecule has 0 amide bonds. The number of hydrogen-bond acceptors (Lipinski definition) is 7. The second-order valence-corrected chi connectivity index (χ2v) is 10.8. The molecule has 0 fully saturated rings. The maximum absolute atomic E-state index is 14.1. The summed E-state index contributed by atoms with van der Waals surface area (Å²) in [6.07, 6.45) is 1.88. The maximum atomic E-state index is 14.1. The smallest absolute Gasteiger partial charge is 0.338 e. The van der Waals surface area contributed by atoms with Gasteiger partial charge in [-0.1, -0.05) is 78.1 Å². The summed E-state index contributed by atoms with van der Waals surface area (Å²) in [6.45, 7) is 1.96. The number of thiazole rings is 1. The van der Waals surface area contributed by atoms with Crippen LogP contribution in [0.1, 0.15) is 29.0 Å². The molecular formula is C31H24N2O4S2. The first kappa shape index (κ1) is 25.0. The molecule has 0 aliphatic carbocycles. The van der Waals surface area contributed by atoms with Crippen molar-refractivity contribution >= 4 is 51.2 Å². The van der Waals surface area contributed by atoms with Gasteiger partial charge in [-0.05, 0) is 41.3 Å². The molecule has 0 saturated heterocycles. The molecule has 1 aliphatic rings. The van der Waals surface area contributed by atoms with Gasteiger partial charge in [0, 0.05) is 16.0 Å². The highest BCUT2D eigenvalue weighted by molar-refractivity contribution is 7.11. The molecule has 3 aromatic carbocycles. The van der Waals surface area contributed by atoms with Crippen molar-refractivity contribution in [2.24, 2.45) is 4.99 Å². The highest BCUT2D eigenvalue weighted by atomic mass is 32.1. The van der Waals surface area contributed by atoms with Gasteiger partial charge in [0.25, 0.3) is 5.56 Å². The van der Waals surface area contributed by atoms with Gasteiger partial charge in [-0.15, -0.1) is 11.3 Å². The SMILES string of the molecule is CCOC(=O)C1=C(c2ccccc2)N=c2s/c(=C/c3cccs3)c(=O)n2[C@H]1c1c(OC)ccc2ccccc12. The van der Waals surface area contributed by atoms with Gasteiger partial charge >= 0.3 is 5.97 Å². The van der Waals surface area contributed by atoms with E-state index in [0.717, 1.165) is 21.2 Å². The van der Waals surface area contributed by atoms with Crippen LogP contribution in [0.2, 0.25) is 0 Å². The Balaban J connectivity index is 1.77. The van der Waals surface area contributed by atoms with Crippen molar-refractivity contribution in [2.75, 3.05) is 13.7 Å². The molecule has 1 aliphatic heterocycles. The quantitative estimate of drug-likeness (QED) is 0.273. The van der Waals surface area contributed by atoms with Crippen LogP contribution in [0.4, 0.5) is 0 Å². The Bertz CT molecular complexity index is 1900. The van der Waals surface area contributed by atoms with E-state index in [-0.39, 0.29) is 12.2 Å². The Hall–Kier alpha value is -4.27. The van der Waals surface area contributed by atoms with Crippen LogP contribution in [0.3, 0.4) is 0 Å². The maximum Gasteiger partial charge on any atom is 0.338 e. The van der Waals surface area contributed by atoms with E-state index in [2.05, 4.69) is 0 Å². The molecule has 0 N–H and O–H groups in total. The molecule has 1 atom stereocenters. The first-order valence-electron chi connectivity index (χ1n) is 12.5. The molecule has 194 valence electrons. The topological polar surface area (TPSA) is 69.9 Å². The summed E-state index contributed by atoms with van der Waals surface area (Å²) in [5, 5.41) is 3.82.